The molecule has 0 N–H and O–H groups in total. The summed E-state index contributed by atoms with van der Waals surface area (Å²) in [5.41, 5.74) is 1.48. The van der Waals surface area contributed by atoms with E-state index in [1.807, 2.05) is 18.2 Å². The van der Waals surface area contributed by atoms with Crippen molar-refractivity contribution in [2.45, 2.75) is 26.2 Å². The Morgan fingerprint density at radius 3 is 2.44 bits per heavy atom. The van der Waals surface area contributed by atoms with Crippen LogP contribution >= 0.6 is 27.5 Å². The summed E-state index contributed by atoms with van der Waals surface area (Å²) in [4.78, 5) is 13.1. The molecule has 0 saturated carbocycles. The fraction of sp³-hybridized carbons (Fsp3) is 0.308. The highest BCUT2D eigenvalue weighted by Crippen LogP contribution is 2.33. The zero-order valence-corrected chi connectivity index (χ0v) is 12.7. The lowest BCUT2D eigenvalue weighted by Gasteiger charge is -2.20. The molecule has 0 aromatic carbocycles. The first-order valence-electron chi connectivity index (χ1n) is 5.54. The van der Waals surface area contributed by atoms with Crippen LogP contribution in [0.5, 0.6) is 0 Å². The Labute approximate surface area is 120 Å². The van der Waals surface area contributed by atoms with Gasteiger partial charge in [-0.05, 0) is 28.1 Å². The summed E-state index contributed by atoms with van der Waals surface area (Å²) < 4.78 is 0.747. The second-order valence-corrected chi connectivity index (χ2v) is 6.12. The van der Waals surface area contributed by atoms with E-state index < -0.39 is 0 Å². The monoisotopic (exact) mass is 325 g/mol. The Kier molecular flexibility index (Phi) is 3.69. The Bertz CT molecular complexity index is 564. The molecule has 5 heteroatoms. The van der Waals surface area contributed by atoms with Crippen molar-refractivity contribution in [3.63, 3.8) is 0 Å². The lowest BCUT2D eigenvalue weighted by atomic mass is 9.92. The van der Waals surface area contributed by atoms with Gasteiger partial charge in [0.1, 0.15) is 10.8 Å². The van der Waals surface area contributed by atoms with Gasteiger partial charge >= 0.3 is 0 Å². The third kappa shape index (κ3) is 2.70. The Morgan fingerprint density at radius 2 is 1.89 bits per heavy atom. The van der Waals surface area contributed by atoms with E-state index in [1.54, 1.807) is 6.20 Å². The summed E-state index contributed by atoms with van der Waals surface area (Å²) in [6.07, 6.45) is 1.71. The van der Waals surface area contributed by atoms with Gasteiger partial charge in [-0.25, -0.2) is 9.97 Å². The summed E-state index contributed by atoms with van der Waals surface area (Å²) in [7, 11) is 0. The van der Waals surface area contributed by atoms with E-state index in [0.29, 0.717) is 11.0 Å². The summed E-state index contributed by atoms with van der Waals surface area (Å²) in [6.45, 7) is 6.25. The molecule has 0 fully saturated rings. The predicted molar refractivity (Wildman–Crippen MR) is 76.7 cm³/mol. The number of pyridine rings is 1. The zero-order chi connectivity index (χ0) is 13.3. The Morgan fingerprint density at radius 1 is 1.17 bits per heavy atom. The van der Waals surface area contributed by atoms with Gasteiger partial charge in [0.2, 0.25) is 0 Å². The van der Waals surface area contributed by atoms with Gasteiger partial charge in [-0.3, -0.25) is 4.98 Å². The van der Waals surface area contributed by atoms with E-state index in [9.17, 15) is 0 Å². The maximum absolute atomic E-state index is 6.15. The molecule has 0 saturated heterocycles. The van der Waals surface area contributed by atoms with Gasteiger partial charge in [-0.15, -0.1) is 0 Å². The number of hydrogen-bond acceptors (Lipinski definition) is 3. The van der Waals surface area contributed by atoms with Crippen molar-refractivity contribution in [1.29, 1.82) is 0 Å². The van der Waals surface area contributed by atoms with E-state index >= 15 is 0 Å². The predicted octanol–water partition coefficient (Wildman–Crippen LogP) is 4.25. The fourth-order valence-corrected chi connectivity index (χ4v) is 2.47. The minimum absolute atomic E-state index is 0.116. The highest BCUT2D eigenvalue weighted by molar-refractivity contribution is 9.10. The molecule has 0 radical (unpaired) electrons. The molecule has 0 bridgehead atoms. The molecule has 0 aliphatic carbocycles. The Hall–Kier alpha value is -1.00. The first kappa shape index (κ1) is 13.4. The highest BCUT2D eigenvalue weighted by atomic mass is 79.9. The van der Waals surface area contributed by atoms with Gasteiger partial charge in [-0.1, -0.05) is 38.4 Å². The van der Waals surface area contributed by atoms with Crippen molar-refractivity contribution in [3.05, 3.63) is 39.7 Å². The maximum Gasteiger partial charge on any atom is 0.179 e. The second kappa shape index (κ2) is 4.94. The van der Waals surface area contributed by atoms with Crippen LogP contribution in [-0.4, -0.2) is 15.0 Å². The standard InChI is InChI=1S/C13H13BrClN3/c1-13(2,3)10-9(14)11(15)18-12(17-10)8-6-4-5-7-16-8/h4-7H,1-3H3. The van der Waals surface area contributed by atoms with Crippen molar-refractivity contribution in [3.8, 4) is 11.5 Å². The average molecular weight is 327 g/mol. The van der Waals surface area contributed by atoms with E-state index in [1.165, 1.54) is 0 Å². The summed E-state index contributed by atoms with van der Waals surface area (Å²) in [5.74, 6) is 0.550. The minimum atomic E-state index is -0.116. The first-order valence-corrected chi connectivity index (χ1v) is 6.71. The lowest BCUT2D eigenvalue weighted by Crippen LogP contribution is -2.16. The zero-order valence-electron chi connectivity index (χ0n) is 10.4. The molecule has 0 unspecified atom stereocenters. The van der Waals surface area contributed by atoms with Gasteiger partial charge < -0.3 is 0 Å². The molecule has 0 atom stereocenters. The number of halogens is 2. The molecule has 0 amide bonds. The topological polar surface area (TPSA) is 38.7 Å². The van der Waals surface area contributed by atoms with Crippen LogP contribution in [0.1, 0.15) is 26.5 Å². The number of rotatable bonds is 1. The van der Waals surface area contributed by atoms with Crippen LogP contribution in [0.2, 0.25) is 5.15 Å². The van der Waals surface area contributed by atoms with Crippen LogP contribution in [0.3, 0.4) is 0 Å². The van der Waals surface area contributed by atoms with E-state index in [-0.39, 0.29) is 5.41 Å². The van der Waals surface area contributed by atoms with Crippen molar-refractivity contribution < 1.29 is 0 Å². The van der Waals surface area contributed by atoms with Crippen molar-refractivity contribution in [2.75, 3.05) is 0 Å². The molecule has 0 aliphatic rings. The number of hydrogen-bond donors (Lipinski definition) is 0. The van der Waals surface area contributed by atoms with Crippen LogP contribution in [0.15, 0.2) is 28.9 Å². The SMILES string of the molecule is CC(C)(C)c1nc(-c2ccccn2)nc(Cl)c1Br. The lowest BCUT2D eigenvalue weighted by molar-refractivity contribution is 0.564. The molecule has 2 rings (SSSR count). The molecular formula is C13H13BrClN3. The average Bonchev–Trinajstić information content (AvgIpc) is 2.32. The summed E-state index contributed by atoms with van der Waals surface area (Å²) in [6, 6.07) is 5.62. The molecule has 2 aromatic heterocycles. The van der Waals surface area contributed by atoms with Gasteiger partial charge in [0.25, 0.3) is 0 Å². The van der Waals surface area contributed by atoms with Gasteiger partial charge in [0, 0.05) is 11.6 Å². The van der Waals surface area contributed by atoms with Crippen molar-refractivity contribution in [1.82, 2.24) is 15.0 Å². The maximum atomic E-state index is 6.15. The van der Waals surface area contributed by atoms with Gasteiger partial charge in [-0.2, -0.15) is 0 Å². The van der Waals surface area contributed by atoms with Crippen LogP contribution < -0.4 is 0 Å². The van der Waals surface area contributed by atoms with Crippen LogP contribution in [0, 0.1) is 0 Å². The molecule has 0 aliphatic heterocycles. The quantitative estimate of drug-likeness (QED) is 0.735. The van der Waals surface area contributed by atoms with E-state index in [0.717, 1.165) is 15.9 Å². The molecule has 0 spiro atoms. The summed E-state index contributed by atoms with van der Waals surface area (Å²) in [5, 5.41) is 0.413. The third-order valence-electron chi connectivity index (χ3n) is 2.42. The minimum Gasteiger partial charge on any atom is -0.253 e. The molecule has 18 heavy (non-hydrogen) atoms. The van der Waals surface area contributed by atoms with E-state index in [2.05, 4.69) is 51.7 Å². The Balaban J connectivity index is 2.62. The van der Waals surface area contributed by atoms with Crippen LogP contribution in [0.4, 0.5) is 0 Å². The normalized spacial score (nSPS) is 11.6. The van der Waals surface area contributed by atoms with E-state index in [4.69, 9.17) is 11.6 Å². The molecule has 2 aromatic rings. The molecular weight excluding hydrogens is 314 g/mol. The smallest absolute Gasteiger partial charge is 0.179 e. The number of nitrogens with zero attached hydrogens (tertiary/aromatic N) is 3. The summed E-state index contributed by atoms with van der Waals surface area (Å²) >= 11 is 9.59. The van der Waals surface area contributed by atoms with Crippen molar-refractivity contribution >= 4 is 27.5 Å². The molecule has 2 heterocycles. The highest BCUT2D eigenvalue weighted by Gasteiger charge is 2.23. The van der Waals surface area contributed by atoms with Crippen LogP contribution in [-0.2, 0) is 5.41 Å². The largest absolute Gasteiger partial charge is 0.253 e. The van der Waals surface area contributed by atoms with Gasteiger partial charge in [0.05, 0.1) is 10.2 Å². The van der Waals surface area contributed by atoms with Crippen molar-refractivity contribution in [2.24, 2.45) is 0 Å². The van der Waals surface area contributed by atoms with Gasteiger partial charge in [0.15, 0.2) is 5.82 Å². The molecule has 94 valence electrons. The first-order chi connectivity index (χ1) is 8.39. The van der Waals surface area contributed by atoms with Crippen LogP contribution in [0.25, 0.3) is 11.5 Å². The second-order valence-electron chi connectivity index (χ2n) is 4.97. The fourth-order valence-electron chi connectivity index (χ4n) is 1.53. The third-order valence-corrected chi connectivity index (χ3v) is 3.67. The number of aromatic nitrogens is 3. The molecule has 3 nitrogen and oxygen atoms in total.